The number of hydrogen-bond acceptors (Lipinski definition) is 4. The fourth-order valence-electron chi connectivity index (χ4n) is 1.30. The van der Waals surface area contributed by atoms with Gasteiger partial charge in [0.15, 0.2) is 0 Å². The van der Waals surface area contributed by atoms with Crippen LogP contribution in [0.3, 0.4) is 0 Å². The summed E-state index contributed by atoms with van der Waals surface area (Å²) < 4.78 is 4.74. The van der Waals surface area contributed by atoms with Crippen molar-refractivity contribution in [3.63, 3.8) is 0 Å². The molecule has 0 aromatic carbocycles. The minimum atomic E-state index is -0.441. The van der Waals surface area contributed by atoms with Gasteiger partial charge < -0.3 is 4.74 Å². The van der Waals surface area contributed by atoms with E-state index in [1.165, 1.54) is 7.11 Å². The quantitative estimate of drug-likeness (QED) is 0.758. The SMILES string of the molecule is COC(=O)C(NC(C)C)c1cccnc1. The number of ether oxygens (including phenoxy) is 1. The maximum Gasteiger partial charge on any atom is 0.327 e. The first-order chi connectivity index (χ1) is 7.15. The average molecular weight is 208 g/mol. The van der Waals surface area contributed by atoms with Gasteiger partial charge in [0.1, 0.15) is 6.04 Å². The Bertz CT molecular complexity index is 312. The zero-order valence-corrected chi connectivity index (χ0v) is 9.23. The molecule has 1 aromatic rings. The molecule has 4 heteroatoms. The molecule has 15 heavy (non-hydrogen) atoms. The van der Waals surface area contributed by atoms with Crippen LogP contribution < -0.4 is 5.32 Å². The van der Waals surface area contributed by atoms with E-state index < -0.39 is 6.04 Å². The molecular weight excluding hydrogens is 192 g/mol. The van der Waals surface area contributed by atoms with Crippen LogP contribution in [0, 0.1) is 0 Å². The molecule has 1 N–H and O–H groups in total. The van der Waals surface area contributed by atoms with Crippen LogP contribution in [-0.4, -0.2) is 24.1 Å². The van der Waals surface area contributed by atoms with Gasteiger partial charge in [0, 0.05) is 18.4 Å². The van der Waals surface area contributed by atoms with Gasteiger partial charge >= 0.3 is 5.97 Å². The summed E-state index contributed by atoms with van der Waals surface area (Å²) >= 11 is 0. The Labute approximate surface area is 89.7 Å². The van der Waals surface area contributed by atoms with E-state index in [1.807, 2.05) is 19.9 Å². The summed E-state index contributed by atoms with van der Waals surface area (Å²) in [5.74, 6) is -0.295. The molecule has 0 spiro atoms. The molecule has 0 amide bonds. The molecule has 4 nitrogen and oxygen atoms in total. The lowest BCUT2D eigenvalue weighted by Crippen LogP contribution is -2.34. The highest BCUT2D eigenvalue weighted by molar-refractivity contribution is 5.77. The van der Waals surface area contributed by atoms with Crippen LogP contribution in [0.2, 0.25) is 0 Å². The van der Waals surface area contributed by atoms with Gasteiger partial charge in [-0.15, -0.1) is 0 Å². The topological polar surface area (TPSA) is 51.2 Å². The lowest BCUT2D eigenvalue weighted by atomic mass is 10.1. The minimum Gasteiger partial charge on any atom is -0.468 e. The predicted octanol–water partition coefficient (Wildman–Crippen LogP) is 1.29. The third kappa shape index (κ3) is 3.32. The van der Waals surface area contributed by atoms with E-state index in [0.29, 0.717) is 0 Å². The van der Waals surface area contributed by atoms with Crippen LogP contribution in [-0.2, 0) is 9.53 Å². The Balaban J connectivity index is 2.86. The van der Waals surface area contributed by atoms with Crippen LogP contribution in [0.5, 0.6) is 0 Å². The Hall–Kier alpha value is -1.42. The van der Waals surface area contributed by atoms with Crippen molar-refractivity contribution in [3.8, 4) is 0 Å². The van der Waals surface area contributed by atoms with Gasteiger partial charge in [0.05, 0.1) is 7.11 Å². The third-order valence-corrected chi connectivity index (χ3v) is 1.95. The van der Waals surface area contributed by atoms with Crippen LogP contribution in [0.4, 0.5) is 0 Å². The van der Waals surface area contributed by atoms with Gasteiger partial charge in [0.2, 0.25) is 0 Å². The zero-order chi connectivity index (χ0) is 11.3. The lowest BCUT2D eigenvalue weighted by Gasteiger charge is -2.18. The number of pyridine rings is 1. The normalized spacial score (nSPS) is 12.5. The van der Waals surface area contributed by atoms with Crippen LogP contribution in [0.1, 0.15) is 25.5 Å². The Morgan fingerprint density at radius 2 is 2.27 bits per heavy atom. The van der Waals surface area contributed by atoms with Crippen molar-refractivity contribution >= 4 is 5.97 Å². The van der Waals surface area contributed by atoms with Gasteiger partial charge in [-0.3, -0.25) is 10.3 Å². The summed E-state index contributed by atoms with van der Waals surface area (Å²) in [6.45, 7) is 3.96. The van der Waals surface area contributed by atoms with Crippen molar-refractivity contribution in [1.82, 2.24) is 10.3 Å². The number of rotatable bonds is 4. The van der Waals surface area contributed by atoms with E-state index in [2.05, 4.69) is 10.3 Å². The van der Waals surface area contributed by atoms with Gasteiger partial charge in [-0.1, -0.05) is 6.07 Å². The van der Waals surface area contributed by atoms with Crippen molar-refractivity contribution in [2.45, 2.75) is 25.9 Å². The van der Waals surface area contributed by atoms with E-state index in [0.717, 1.165) is 5.56 Å². The van der Waals surface area contributed by atoms with Crippen LogP contribution >= 0.6 is 0 Å². The standard InChI is InChI=1S/C11H16N2O2/c1-8(2)13-10(11(14)15-3)9-5-4-6-12-7-9/h4-8,10,13H,1-3H3. The van der Waals surface area contributed by atoms with Gasteiger partial charge in [0.25, 0.3) is 0 Å². The zero-order valence-electron chi connectivity index (χ0n) is 9.23. The molecular formula is C11H16N2O2. The molecule has 0 fully saturated rings. The molecule has 1 atom stereocenters. The molecule has 0 aliphatic rings. The molecule has 1 aromatic heterocycles. The van der Waals surface area contributed by atoms with Crippen LogP contribution in [0.25, 0.3) is 0 Å². The number of aromatic nitrogens is 1. The van der Waals surface area contributed by atoms with Crippen molar-refractivity contribution in [3.05, 3.63) is 30.1 Å². The second-order valence-electron chi connectivity index (χ2n) is 3.56. The highest BCUT2D eigenvalue weighted by Crippen LogP contribution is 2.13. The van der Waals surface area contributed by atoms with E-state index in [4.69, 9.17) is 4.74 Å². The number of carbonyl (C=O) groups is 1. The highest BCUT2D eigenvalue weighted by Gasteiger charge is 2.21. The maximum absolute atomic E-state index is 11.5. The second kappa shape index (κ2) is 5.46. The summed E-state index contributed by atoms with van der Waals surface area (Å²) in [7, 11) is 1.38. The highest BCUT2D eigenvalue weighted by atomic mass is 16.5. The average Bonchev–Trinajstić information content (AvgIpc) is 2.26. The van der Waals surface area contributed by atoms with E-state index in [-0.39, 0.29) is 12.0 Å². The molecule has 1 unspecified atom stereocenters. The number of hydrogen-bond donors (Lipinski definition) is 1. The number of nitrogens with zero attached hydrogens (tertiary/aromatic N) is 1. The molecule has 0 aliphatic carbocycles. The largest absolute Gasteiger partial charge is 0.468 e. The maximum atomic E-state index is 11.5. The first kappa shape index (κ1) is 11.7. The molecule has 0 bridgehead atoms. The monoisotopic (exact) mass is 208 g/mol. The number of esters is 1. The summed E-state index contributed by atoms with van der Waals surface area (Å²) in [6.07, 6.45) is 3.34. The van der Waals surface area contributed by atoms with E-state index >= 15 is 0 Å². The molecule has 0 aliphatic heterocycles. The summed E-state index contributed by atoms with van der Waals surface area (Å²) in [5.41, 5.74) is 0.818. The number of carbonyl (C=O) groups excluding carboxylic acids is 1. The summed E-state index contributed by atoms with van der Waals surface area (Å²) in [6, 6.07) is 3.41. The van der Waals surface area contributed by atoms with Crippen molar-refractivity contribution in [2.75, 3.05) is 7.11 Å². The Morgan fingerprint density at radius 1 is 1.53 bits per heavy atom. The first-order valence-electron chi connectivity index (χ1n) is 4.89. The predicted molar refractivity (Wildman–Crippen MR) is 57.3 cm³/mol. The van der Waals surface area contributed by atoms with Crippen LogP contribution in [0.15, 0.2) is 24.5 Å². The van der Waals surface area contributed by atoms with Crippen molar-refractivity contribution in [2.24, 2.45) is 0 Å². The van der Waals surface area contributed by atoms with Crippen molar-refractivity contribution < 1.29 is 9.53 Å². The molecule has 1 heterocycles. The lowest BCUT2D eigenvalue weighted by molar-refractivity contribution is -0.143. The molecule has 0 radical (unpaired) electrons. The van der Waals surface area contributed by atoms with Gasteiger partial charge in [-0.25, -0.2) is 4.79 Å². The fourth-order valence-corrected chi connectivity index (χ4v) is 1.30. The van der Waals surface area contributed by atoms with E-state index in [9.17, 15) is 4.79 Å². The fraction of sp³-hybridized carbons (Fsp3) is 0.455. The summed E-state index contributed by atoms with van der Waals surface area (Å²) in [4.78, 5) is 15.5. The Kier molecular flexibility index (Phi) is 4.24. The Morgan fingerprint density at radius 3 is 2.73 bits per heavy atom. The smallest absolute Gasteiger partial charge is 0.327 e. The minimum absolute atomic E-state index is 0.203. The summed E-state index contributed by atoms with van der Waals surface area (Å²) in [5, 5.41) is 3.13. The first-order valence-corrected chi connectivity index (χ1v) is 4.89. The molecule has 0 saturated heterocycles. The second-order valence-corrected chi connectivity index (χ2v) is 3.56. The van der Waals surface area contributed by atoms with Gasteiger partial charge in [-0.2, -0.15) is 0 Å². The molecule has 1 rings (SSSR count). The number of nitrogens with one attached hydrogen (secondary N) is 1. The van der Waals surface area contributed by atoms with Crippen molar-refractivity contribution in [1.29, 1.82) is 0 Å². The molecule has 0 saturated carbocycles. The van der Waals surface area contributed by atoms with E-state index in [1.54, 1.807) is 18.5 Å². The third-order valence-electron chi connectivity index (χ3n) is 1.95. The molecule has 82 valence electrons. The van der Waals surface area contributed by atoms with Gasteiger partial charge in [-0.05, 0) is 25.5 Å². The number of methoxy groups -OCH3 is 1.